The molecule has 0 radical (unpaired) electrons. The third-order valence-electron chi connectivity index (χ3n) is 6.06. The van der Waals surface area contributed by atoms with Crippen molar-refractivity contribution in [2.75, 3.05) is 6.54 Å². The molecule has 32 heavy (non-hydrogen) atoms. The van der Waals surface area contributed by atoms with Gasteiger partial charge in [0.1, 0.15) is 0 Å². The lowest BCUT2D eigenvalue weighted by molar-refractivity contribution is -0.148. The maximum Gasteiger partial charge on any atom is 0.327 e. The maximum atomic E-state index is 14.0. The Morgan fingerprint density at radius 1 is 1.19 bits per heavy atom. The van der Waals surface area contributed by atoms with E-state index in [1.165, 1.54) is 10.5 Å². The van der Waals surface area contributed by atoms with Crippen LogP contribution in [0.2, 0.25) is 0 Å². The molecule has 2 rings (SSSR count). The Hall–Kier alpha value is -2.28. The van der Waals surface area contributed by atoms with Gasteiger partial charge in [0.15, 0.2) is 0 Å². The monoisotopic (exact) mass is 451 g/mol. The summed E-state index contributed by atoms with van der Waals surface area (Å²) in [5.41, 5.74) is 1.25. The molecule has 2 N–H and O–H groups in total. The Labute approximate surface area is 189 Å². The van der Waals surface area contributed by atoms with Crippen LogP contribution in [-0.4, -0.2) is 51.6 Å². The van der Waals surface area contributed by atoms with Crippen LogP contribution in [0, 0.1) is 5.92 Å². The van der Waals surface area contributed by atoms with Crippen molar-refractivity contribution in [2.24, 2.45) is 5.92 Å². The number of likely N-dealkylation sites (tertiary alicyclic amines) is 1. The second-order valence-corrected chi connectivity index (χ2v) is 8.76. The zero-order chi connectivity index (χ0) is 23.6. The van der Waals surface area contributed by atoms with Crippen LogP contribution in [0.3, 0.4) is 0 Å². The fourth-order valence-electron chi connectivity index (χ4n) is 4.05. The predicted octanol–water partition coefficient (Wildman–Crippen LogP) is 4.83. The summed E-state index contributed by atoms with van der Waals surface area (Å²) in [7, 11) is 0. The van der Waals surface area contributed by atoms with E-state index in [1.807, 2.05) is 25.1 Å². The second kappa shape index (κ2) is 12.7. The van der Waals surface area contributed by atoms with Crippen molar-refractivity contribution in [3.63, 3.8) is 0 Å². The number of carboxylic acid groups (broad SMARTS) is 1. The summed E-state index contributed by atoms with van der Waals surface area (Å²) in [6, 6.07) is 9.37. The van der Waals surface area contributed by atoms with Gasteiger partial charge in [-0.15, -0.1) is 0 Å². The fourth-order valence-corrected chi connectivity index (χ4v) is 4.05. The molecule has 1 aromatic carbocycles. The fraction of sp³-hybridized carbons (Fsp3) is 0.600. The second-order valence-electron chi connectivity index (χ2n) is 8.76. The van der Waals surface area contributed by atoms with E-state index in [0.717, 1.165) is 19.3 Å². The Morgan fingerprint density at radius 3 is 2.56 bits per heavy atom. The number of aliphatic hydroxyl groups excluding tert-OH is 1. The number of aliphatic hydroxyl groups is 1. The number of aliphatic carboxylic acids is 1. The minimum atomic E-state index is -3.38. The zero-order valence-corrected chi connectivity index (χ0v) is 18.8. The number of aryl methyl sites for hydroxylation is 1. The number of nitrogens with zero attached hydrogens (tertiary/aromatic N) is 1. The molecule has 0 bridgehead atoms. The third-order valence-corrected chi connectivity index (χ3v) is 6.06. The number of rotatable bonds is 14. The lowest BCUT2D eigenvalue weighted by Gasteiger charge is -2.22. The Bertz CT molecular complexity index is 754. The standard InChI is InChI=1S/C25H35F2NO4/c1-19(10-9-13-20-11-5-4-6-12-20)22(29)16-15-21-18-25(26,27)24(32)28(21)17-8-3-2-7-14-23(30)31/h4-6,11-12,15-16,19,21-22,29H,2-3,7-10,13-14,17-18H2,1H3,(H,30,31)/t19-,21-,22-/m1/s1. The average Bonchev–Trinajstić information content (AvgIpc) is 2.97. The molecule has 0 saturated carbocycles. The molecule has 178 valence electrons. The summed E-state index contributed by atoms with van der Waals surface area (Å²) < 4.78 is 28.0. The highest BCUT2D eigenvalue weighted by molar-refractivity contribution is 5.86. The van der Waals surface area contributed by atoms with Gasteiger partial charge in [-0.2, -0.15) is 8.78 Å². The van der Waals surface area contributed by atoms with E-state index in [0.29, 0.717) is 25.7 Å². The molecule has 0 spiro atoms. The van der Waals surface area contributed by atoms with Crippen LogP contribution in [0.5, 0.6) is 0 Å². The highest BCUT2D eigenvalue weighted by atomic mass is 19.3. The van der Waals surface area contributed by atoms with Crippen molar-refractivity contribution in [1.82, 2.24) is 4.90 Å². The van der Waals surface area contributed by atoms with Gasteiger partial charge in [-0.1, -0.05) is 62.2 Å². The summed E-state index contributed by atoms with van der Waals surface area (Å²) in [4.78, 5) is 23.8. The summed E-state index contributed by atoms with van der Waals surface area (Å²) >= 11 is 0. The van der Waals surface area contributed by atoms with Gasteiger partial charge >= 0.3 is 11.9 Å². The first kappa shape index (κ1) is 26.0. The van der Waals surface area contributed by atoms with Crippen molar-refractivity contribution in [2.45, 2.75) is 82.8 Å². The van der Waals surface area contributed by atoms with Crippen molar-refractivity contribution < 1.29 is 28.6 Å². The number of hydrogen-bond donors (Lipinski definition) is 2. The molecule has 0 aliphatic carbocycles. The highest BCUT2D eigenvalue weighted by Crippen LogP contribution is 2.34. The molecule has 3 atom stereocenters. The molecule has 5 nitrogen and oxygen atoms in total. The van der Waals surface area contributed by atoms with Crippen LogP contribution in [0.1, 0.15) is 63.9 Å². The van der Waals surface area contributed by atoms with Gasteiger partial charge in [-0.3, -0.25) is 9.59 Å². The van der Waals surface area contributed by atoms with Gasteiger partial charge in [-0.25, -0.2) is 0 Å². The number of benzene rings is 1. The number of alkyl halides is 2. The van der Waals surface area contributed by atoms with Gasteiger partial charge in [0.05, 0.1) is 12.1 Å². The molecule has 0 unspecified atom stereocenters. The molecule has 1 aliphatic heterocycles. The first-order chi connectivity index (χ1) is 15.2. The number of unbranched alkanes of at least 4 members (excludes halogenated alkanes) is 3. The van der Waals surface area contributed by atoms with E-state index in [-0.39, 0.29) is 18.9 Å². The Kier molecular flexibility index (Phi) is 10.3. The van der Waals surface area contributed by atoms with Crippen LogP contribution in [0.25, 0.3) is 0 Å². The van der Waals surface area contributed by atoms with E-state index in [4.69, 9.17) is 5.11 Å². The number of carbonyl (C=O) groups excluding carboxylic acids is 1. The summed E-state index contributed by atoms with van der Waals surface area (Å²) in [6.45, 7) is 2.14. The van der Waals surface area contributed by atoms with E-state index in [2.05, 4.69) is 12.1 Å². The smallest absolute Gasteiger partial charge is 0.327 e. The Balaban J connectivity index is 1.81. The molecule has 1 fully saturated rings. The average molecular weight is 452 g/mol. The molecule has 0 aromatic heterocycles. The lowest BCUT2D eigenvalue weighted by atomic mass is 9.95. The largest absolute Gasteiger partial charge is 0.481 e. The number of carbonyl (C=O) groups is 2. The van der Waals surface area contributed by atoms with Crippen LogP contribution in [0.4, 0.5) is 8.78 Å². The van der Waals surface area contributed by atoms with Gasteiger partial charge in [0.2, 0.25) is 0 Å². The Morgan fingerprint density at radius 2 is 1.88 bits per heavy atom. The van der Waals surface area contributed by atoms with E-state index in [9.17, 15) is 23.5 Å². The van der Waals surface area contributed by atoms with Gasteiger partial charge in [-0.05, 0) is 43.6 Å². The van der Waals surface area contributed by atoms with Crippen LogP contribution in [0.15, 0.2) is 42.5 Å². The maximum absolute atomic E-state index is 14.0. The molecule has 1 amide bonds. The SMILES string of the molecule is C[C@H](CCCc1ccccc1)[C@H](O)C=C[C@@H]1CC(F)(F)C(=O)N1CCCCCCC(=O)O. The van der Waals surface area contributed by atoms with Crippen LogP contribution >= 0.6 is 0 Å². The first-order valence-corrected chi connectivity index (χ1v) is 11.5. The first-order valence-electron chi connectivity index (χ1n) is 11.5. The number of hydrogen-bond acceptors (Lipinski definition) is 3. The third kappa shape index (κ3) is 8.34. The molecular weight excluding hydrogens is 416 g/mol. The lowest BCUT2D eigenvalue weighted by Crippen LogP contribution is -2.36. The van der Waals surface area contributed by atoms with E-state index >= 15 is 0 Å². The highest BCUT2D eigenvalue weighted by Gasteiger charge is 2.52. The summed E-state index contributed by atoms with van der Waals surface area (Å²) in [5.74, 6) is -5.42. The predicted molar refractivity (Wildman–Crippen MR) is 119 cm³/mol. The quantitative estimate of drug-likeness (QED) is 0.314. The number of amides is 1. The minimum Gasteiger partial charge on any atom is -0.481 e. The molecule has 1 aromatic rings. The van der Waals surface area contributed by atoms with E-state index in [1.54, 1.807) is 12.2 Å². The van der Waals surface area contributed by atoms with Crippen molar-refractivity contribution >= 4 is 11.9 Å². The van der Waals surface area contributed by atoms with Crippen molar-refractivity contribution in [3.05, 3.63) is 48.0 Å². The molecule has 1 heterocycles. The summed E-state index contributed by atoms with van der Waals surface area (Å²) in [6.07, 6.45) is 6.95. The van der Waals surface area contributed by atoms with Crippen molar-refractivity contribution in [1.29, 1.82) is 0 Å². The van der Waals surface area contributed by atoms with Gasteiger partial charge in [0.25, 0.3) is 5.91 Å². The zero-order valence-electron chi connectivity index (χ0n) is 18.8. The van der Waals surface area contributed by atoms with Gasteiger partial charge in [0, 0.05) is 19.4 Å². The van der Waals surface area contributed by atoms with Crippen molar-refractivity contribution in [3.8, 4) is 0 Å². The topological polar surface area (TPSA) is 77.8 Å². The molecular formula is C25H35F2NO4. The van der Waals surface area contributed by atoms with E-state index < -0.39 is 36.4 Å². The molecule has 7 heteroatoms. The van der Waals surface area contributed by atoms with Crippen LogP contribution < -0.4 is 0 Å². The normalized spacial score (nSPS) is 20.1. The number of halogens is 2. The summed E-state index contributed by atoms with van der Waals surface area (Å²) in [5, 5.41) is 19.1. The van der Waals surface area contributed by atoms with Gasteiger partial charge < -0.3 is 15.1 Å². The minimum absolute atomic E-state index is 0.0183. The molecule has 1 saturated heterocycles. The van der Waals surface area contributed by atoms with Crippen LogP contribution in [-0.2, 0) is 16.0 Å². The number of carboxylic acids is 1. The molecule has 1 aliphatic rings.